The number of nitrogens with one attached hydrogen (secondary N) is 2. The number of phenols is 1. The molecule has 0 bridgehead atoms. The maximum absolute atomic E-state index is 12.7. The van der Waals surface area contributed by atoms with E-state index in [0.717, 1.165) is 29.0 Å². The van der Waals surface area contributed by atoms with Crippen LogP contribution >= 0.6 is 35.2 Å². The number of aromatic nitrogens is 4. The number of phosphoric ester groups is 3. The van der Waals surface area contributed by atoms with Gasteiger partial charge in [0.1, 0.15) is 42.0 Å². The van der Waals surface area contributed by atoms with E-state index in [0.29, 0.717) is 5.56 Å². The number of anilines is 1. The molecule has 326 valence electrons. The first-order valence-corrected chi connectivity index (χ1v) is 22.5. The number of fused-ring (bicyclic) bond motifs is 1. The van der Waals surface area contributed by atoms with Gasteiger partial charge in [-0.1, -0.05) is 43.8 Å². The number of imidazole rings is 1. The first kappa shape index (κ1) is 48.0. The summed E-state index contributed by atoms with van der Waals surface area (Å²) in [7, 11) is -16.4. The Labute approximate surface area is 338 Å². The fraction of sp³-hybridized carbons (Fsp3) is 0.467. The van der Waals surface area contributed by atoms with Crippen LogP contribution in [0, 0.1) is 5.41 Å². The maximum Gasteiger partial charge on any atom is 0.481 e. The van der Waals surface area contributed by atoms with Crippen molar-refractivity contribution in [3.63, 3.8) is 0 Å². The predicted molar refractivity (Wildman–Crippen MR) is 204 cm³/mol. The highest BCUT2D eigenvalue weighted by atomic mass is 32.2. The molecule has 4 rings (SSSR count). The largest absolute Gasteiger partial charge is 0.507 e. The van der Waals surface area contributed by atoms with Crippen molar-refractivity contribution in [2.45, 2.75) is 50.9 Å². The number of carbonyl (C=O) groups excluding carboxylic acids is 3. The van der Waals surface area contributed by atoms with Gasteiger partial charge in [-0.15, -0.1) is 0 Å². The van der Waals surface area contributed by atoms with Crippen molar-refractivity contribution in [3.8, 4) is 5.75 Å². The summed E-state index contributed by atoms with van der Waals surface area (Å²) in [6.45, 7) is 0.315. The monoisotopic (exact) mass is 913 g/mol. The zero-order valence-corrected chi connectivity index (χ0v) is 34.5. The van der Waals surface area contributed by atoms with E-state index in [9.17, 15) is 63.0 Å². The summed E-state index contributed by atoms with van der Waals surface area (Å²) in [6.07, 6.45) is -4.29. The fourth-order valence-electron chi connectivity index (χ4n) is 5.12. The second kappa shape index (κ2) is 20.3. The summed E-state index contributed by atoms with van der Waals surface area (Å²) in [5.74, 6) is -1.28. The molecule has 1 saturated heterocycles. The van der Waals surface area contributed by atoms with E-state index in [4.69, 9.17) is 19.5 Å². The van der Waals surface area contributed by atoms with Crippen LogP contribution in [0.1, 0.15) is 32.1 Å². The molecule has 0 spiro atoms. The molecular formula is C30H42N7O18P3S. The summed E-state index contributed by atoms with van der Waals surface area (Å²) in [6, 6.07) is 6.45. The van der Waals surface area contributed by atoms with Gasteiger partial charge in [-0.3, -0.25) is 32.5 Å². The molecule has 1 aliphatic rings. The summed E-state index contributed by atoms with van der Waals surface area (Å²) >= 11 is 0.927. The highest BCUT2D eigenvalue weighted by Crippen LogP contribution is 2.61. The molecule has 2 unspecified atom stereocenters. The van der Waals surface area contributed by atoms with Crippen molar-refractivity contribution in [2.75, 3.05) is 37.8 Å². The summed E-state index contributed by atoms with van der Waals surface area (Å²) in [5, 5.41) is 35.8. The number of nitrogens with zero attached hydrogens (tertiary/aromatic N) is 4. The van der Waals surface area contributed by atoms with Crippen molar-refractivity contribution in [1.29, 1.82) is 0 Å². The Morgan fingerprint density at radius 2 is 1.75 bits per heavy atom. The van der Waals surface area contributed by atoms with E-state index in [1.54, 1.807) is 18.2 Å². The minimum Gasteiger partial charge on any atom is -0.507 e. The molecule has 1 aliphatic heterocycles. The topological polar surface area (TPSA) is 384 Å². The Morgan fingerprint density at radius 3 is 2.44 bits per heavy atom. The van der Waals surface area contributed by atoms with Crippen LogP contribution < -0.4 is 16.4 Å². The molecule has 29 heteroatoms. The Bertz CT molecular complexity index is 2150. The zero-order chi connectivity index (χ0) is 43.8. The molecular weight excluding hydrogens is 871 g/mol. The number of aliphatic hydroxyl groups is 2. The van der Waals surface area contributed by atoms with Crippen molar-refractivity contribution in [1.82, 2.24) is 30.2 Å². The molecule has 3 aromatic rings. The Hall–Kier alpha value is -3.68. The summed E-state index contributed by atoms with van der Waals surface area (Å²) in [4.78, 5) is 87.7. The number of nitrogens with two attached hydrogens (primary N) is 1. The number of amides is 2. The van der Waals surface area contributed by atoms with Gasteiger partial charge in [-0.05, 0) is 18.2 Å². The third-order valence-corrected chi connectivity index (χ3v) is 12.0. The van der Waals surface area contributed by atoms with Gasteiger partial charge in [0.25, 0.3) is 0 Å². The van der Waals surface area contributed by atoms with Gasteiger partial charge in [0.2, 0.25) is 16.9 Å². The number of nitrogen functional groups attached to an aromatic ring is 1. The number of hydrogen-bond donors (Lipinski definition) is 10. The van der Waals surface area contributed by atoms with Gasteiger partial charge >= 0.3 is 23.5 Å². The van der Waals surface area contributed by atoms with Crippen molar-refractivity contribution in [3.05, 3.63) is 48.6 Å². The number of hydrogen-bond acceptors (Lipinski definition) is 19. The molecule has 2 aromatic heterocycles. The second-order valence-corrected chi connectivity index (χ2v) is 18.5. The number of aliphatic hydroxyl groups excluding tert-OH is 2. The van der Waals surface area contributed by atoms with E-state index in [-0.39, 0.29) is 53.1 Å². The number of aromatic hydroxyl groups is 1. The third kappa shape index (κ3) is 14.2. The average molecular weight is 914 g/mol. The predicted octanol–water partition coefficient (Wildman–Crippen LogP) is 0.0837. The minimum absolute atomic E-state index is 0.0165. The molecule has 3 heterocycles. The normalized spacial score (nSPS) is 21.2. The zero-order valence-electron chi connectivity index (χ0n) is 31.0. The third-order valence-electron chi connectivity index (χ3n) is 8.08. The van der Waals surface area contributed by atoms with E-state index < -0.39 is 84.6 Å². The van der Waals surface area contributed by atoms with Gasteiger partial charge in [0.15, 0.2) is 17.7 Å². The van der Waals surface area contributed by atoms with Crippen LogP contribution in [0.2, 0.25) is 0 Å². The van der Waals surface area contributed by atoms with Crippen LogP contribution in [0.5, 0.6) is 5.75 Å². The number of carbonyl (C=O) groups is 3. The molecule has 7 atom stereocenters. The van der Waals surface area contributed by atoms with Crippen molar-refractivity contribution >= 4 is 75.2 Å². The van der Waals surface area contributed by atoms with Crippen LogP contribution in [-0.2, 0) is 50.7 Å². The minimum atomic E-state index is -5.59. The Balaban J connectivity index is 1.21. The van der Waals surface area contributed by atoms with E-state index in [1.807, 2.05) is 0 Å². The lowest BCUT2D eigenvalue weighted by Crippen LogP contribution is -2.46. The van der Waals surface area contributed by atoms with Crippen LogP contribution in [0.4, 0.5) is 5.82 Å². The quantitative estimate of drug-likeness (QED) is 0.0384. The number of benzene rings is 1. The van der Waals surface area contributed by atoms with Gasteiger partial charge in [-0.25, -0.2) is 28.6 Å². The first-order valence-electron chi connectivity index (χ1n) is 17.0. The highest BCUT2D eigenvalue weighted by molar-refractivity contribution is 8.14. The lowest BCUT2D eigenvalue weighted by atomic mass is 9.87. The van der Waals surface area contributed by atoms with Gasteiger partial charge in [0.05, 0.1) is 19.5 Å². The highest BCUT2D eigenvalue weighted by Gasteiger charge is 2.50. The van der Waals surface area contributed by atoms with Gasteiger partial charge in [-0.2, -0.15) is 4.31 Å². The summed E-state index contributed by atoms with van der Waals surface area (Å²) in [5.41, 5.74) is 4.69. The maximum atomic E-state index is 12.7. The molecule has 11 N–H and O–H groups in total. The molecule has 0 saturated carbocycles. The van der Waals surface area contributed by atoms with E-state index in [1.165, 1.54) is 32.1 Å². The molecule has 1 fully saturated rings. The average Bonchev–Trinajstić information content (AvgIpc) is 3.71. The Morgan fingerprint density at radius 1 is 1.05 bits per heavy atom. The first-order chi connectivity index (χ1) is 27.5. The molecule has 0 aliphatic carbocycles. The molecule has 1 aromatic carbocycles. The van der Waals surface area contributed by atoms with E-state index >= 15 is 0 Å². The molecule has 2 amide bonds. The standard InChI is InChI=1S/C30H42N7O18P3S/c1-30(2,25(42)28(43)33-10-9-20(39)32-11-12-59-21(40)8-7-17-5-3-4-6-18(17)38)14-52-58(49,50)55-57(47,48)51-13-19-24(54-56(44,45)46)23(41)29(53-19)37-16-36-22-26(31)34-15-35-27(22)37/h3-8,15-16,19,23-25,29,38,41-42H,9-14H2,1-2H3,(H,32,39)(H,33,43)(H,47,48)(H,49,50)(H2,31,34,35)(H2,44,45,46)/b8-7+/t19-,23-,24-,25+,29-/m1/s1. The van der Waals surface area contributed by atoms with Crippen LogP contribution in [0.25, 0.3) is 17.2 Å². The van der Waals surface area contributed by atoms with Gasteiger partial charge in [0, 0.05) is 36.2 Å². The summed E-state index contributed by atoms with van der Waals surface area (Å²) < 4.78 is 62.1. The number of phosphoric acid groups is 3. The second-order valence-electron chi connectivity index (χ2n) is 13.1. The number of para-hydroxylation sites is 1. The SMILES string of the molecule is CC(C)(COP(=O)(O)OP(=O)(O)OC[C@H]1O[C@@H](n2cnc3c(N)ncnc32)[C@H](O)[C@@H]1OP(=O)(O)O)[C@@H](O)C(=O)NCCC(=O)NCCSC(=O)/C=C/c1ccccc1O. The molecule has 0 radical (unpaired) electrons. The number of ether oxygens (including phenoxy) is 1. The number of rotatable bonds is 21. The van der Waals surface area contributed by atoms with Crippen molar-refractivity contribution in [2.24, 2.45) is 5.41 Å². The van der Waals surface area contributed by atoms with Crippen LogP contribution in [-0.4, -0.2) is 128 Å². The smallest absolute Gasteiger partial charge is 0.481 e. The van der Waals surface area contributed by atoms with Crippen LogP contribution in [0.3, 0.4) is 0 Å². The number of phenolic OH excluding ortho intramolecular Hbond substituents is 1. The number of thioether (sulfide) groups is 1. The van der Waals surface area contributed by atoms with Gasteiger partial charge < -0.3 is 56.0 Å². The van der Waals surface area contributed by atoms with E-state index in [2.05, 4.69) is 34.4 Å². The molecule has 59 heavy (non-hydrogen) atoms. The fourth-order valence-corrected chi connectivity index (χ4v) is 8.51. The molecule has 25 nitrogen and oxygen atoms in total. The Kier molecular flexibility index (Phi) is 16.5. The lowest BCUT2D eigenvalue weighted by Gasteiger charge is -2.30. The van der Waals surface area contributed by atoms with Crippen LogP contribution in [0.15, 0.2) is 43.0 Å². The van der Waals surface area contributed by atoms with Crippen molar-refractivity contribution < 1.29 is 85.6 Å². The lowest BCUT2D eigenvalue weighted by molar-refractivity contribution is -0.137.